The van der Waals surface area contributed by atoms with Gasteiger partial charge in [0.2, 0.25) is 0 Å². The van der Waals surface area contributed by atoms with Gasteiger partial charge in [-0.15, -0.1) is 0 Å². The number of pyridine rings is 1. The Labute approximate surface area is 95.8 Å². The molecule has 0 aliphatic carbocycles. The molecule has 0 spiro atoms. The topological polar surface area (TPSA) is 36.7 Å². The Hall–Kier alpha value is -0.550. The van der Waals surface area contributed by atoms with Crippen LogP contribution in [0.2, 0.25) is 5.15 Å². The van der Waals surface area contributed by atoms with Crippen LogP contribution in [0.4, 0.5) is 13.2 Å². The van der Waals surface area contributed by atoms with Gasteiger partial charge in [0.05, 0.1) is 5.56 Å². The van der Waals surface area contributed by atoms with Crippen molar-refractivity contribution in [3.63, 3.8) is 0 Å². The zero-order chi connectivity index (χ0) is 10.9. The fraction of sp³-hybridized carbons (Fsp3) is 0.143. The molecule has 0 aliphatic heterocycles. The van der Waals surface area contributed by atoms with Gasteiger partial charge < -0.3 is 0 Å². The third-order valence-corrected chi connectivity index (χ3v) is 2.49. The molecule has 0 aromatic carbocycles. The summed E-state index contributed by atoms with van der Waals surface area (Å²) in [5.41, 5.74) is -1.66. The SMILES string of the molecule is N#Cc1c(Cl)ncc(I)c1C(F)(F)F. The molecule has 14 heavy (non-hydrogen) atoms. The summed E-state index contributed by atoms with van der Waals surface area (Å²) in [6.45, 7) is 0. The third-order valence-electron chi connectivity index (χ3n) is 1.38. The molecule has 0 saturated heterocycles. The maximum atomic E-state index is 12.4. The average molecular weight is 332 g/mol. The smallest absolute Gasteiger partial charge is 0.242 e. The molecule has 74 valence electrons. The van der Waals surface area contributed by atoms with Crippen molar-refractivity contribution < 1.29 is 13.2 Å². The van der Waals surface area contributed by atoms with Crippen LogP contribution in [0.3, 0.4) is 0 Å². The lowest BCUT2D eigenvalue weighted by atomic mass is 10.1. The van der Waals surface area contributed by atoms with Crippen molar-refractivity contribution in [1.82, 2.24) is 4.98 Å². The van der Waals surface area contributed by atoms with E-state index in [-0.39, 0.29) is 3.57 Å². The van der Waals surface area contributed by atoms with E-state index in [1.165, 1.54) is 28.7 Å². The van der Waals surface area contributed by atoms with Crippen LogP contribution in [-0.2, 0) is 6.18 Å². The number of hydrogen-bond acceptors (Lipinski definition) is 2. The highest BCUT2D eigenvalue weighted by molar-refractivity contribution is 14.1. The van der Waals surface area contributed by atoms with E-state index in [0.717, 1.165) is 6.20 Å². The quantitative estimate of drug-likeness (QED) is 0.540. The highest BCUT2D eigenvalue weighted by Gasteiger charge is 2.37. The molecule has 1 heterocycles. The number of aromatic nitrogens is 1. The molecule has 2 nitrogen and oxygen atoms in total. The molecule has 1 rings (SSSR count). The maximum absolute atomic E-state index is 12.4. The van der Waals surface area contributed by atoms with Gasteiger partial charge in [-0.05, 0) is 22.6 Å². The first-order chi connectivity index (χ1) is 6.38. The number of nitriles is 1. The summed E-state index contributed by atoms with van der Waals surface area (Å²) >= 11 is 6.83. The van der Waals surface area contributed by atoms with E-state index in [4.69, 9.17) is 16.9 Å². The van der Waals surface area contributed by atoms with Crippen LogP contribution in [0.25, 0.3) is 0 Å². The van der Waals surface area contributed by atoms with Crippen molar-refractivity contribution in [2.24, 2.45) is 0 Å². The minimum absolute atomic E-state index is 0.143. The van der Waals surface area contributed by atoms with Gasteiger partial charge in [0.15, 0.2) is 0 Å². The lowest BCUT2D eigenvalue weighted by Gasteiger charge is -2.10. The van der Waals surface area contributed by atoms with Gasteiger partial charge in [-0.3, -0.25) is 0 Å². The highest BCUT2D eigenvalue weighted by Crippen LogP contribution is 2.36. The number of nitrogens with zero attached hydrogens (tertiary/aromatic N) is 2. The first-order valence-electron chi connectivity index (χ1n) is 3.19. The first-order valence-corrected chi connectivity index (χ1v) is 4.65. The van der Waals surface area contributed by atoms with Crippen molar-refractivity contribution in [2.75, 3.05) is 0 Å². The molecule has 0 N–H and O–H groups in total. The molecular formula is C7HClF3IN2. The third kappa shape index (κ3) is 2.09. The summed E-state index contributed by atoms with van der Waals surface area (Å²) in [6.07, 6.45) is -3.61. The van der Waals surface area contributed by atoms with E-state index in [2.05, 4.69) is 4.98 Å². The molecular weight excluding hydrogens is 331 g/mol. The van der Waals surface area contributed by atoms with Crippen molar-refractivity contribution in [1.29, 1.82) is 5.26 Å². The summed E-state index contributed by atoms with van der Waals surface area (Å²) in [5.74, 6) is 0. The van der Waals surface area contributed by atoms with Crippen LogP contribution >= 0.6 is 34.2 Å². The molecule has 0 bridgehead atoms. The van der Waals surface area contributed by atoms with Crippen molar-refractivity contribution in [2.45, 2.75) is 6.18 Å². The minimum Gasteiger partial charge on any atom is -0.242 e. The summed E-state index contributed by atoms with van der Waals surface area (Å²) in [4.78, 5) is 3.46. The average Bonchev–Trinajstić information content (AvgIpc) is 2.06. The van der Waals surface area contributed by atoms with Crippen LogP contribution in [0, 0.1) is 14.9 Å². The fourth-order valence-corrected chi connectivity index (χ4v) is 1.74. The number of hydrogen-bond donors (Lipinski definition) is 0. The lowest BCUT2D eigenvalue weighted by Crippen LogP contribution is -2.11. The summed E-state index contributed by atoms with van der Waals surface area (Å²) in [5, 5.41) is 8.08. The Morgan fingerprint density at radius 3 is 2.43 bits per heavy atom. The van der Waals surface area contributed by atoms with Crippen molar-refractivity contribution in [3.8, 4) is 6.07 Å². The Balaban J connectivity index is 3.56. The zero-order valence-electron chi connectivity index (χ0n) is 6.36. The van der Waals surface area contributed by atoms with Crippen LogP contribution in [0.5, 0.6) is 0 Å². The standard InChI is InChI=1S/C7HClF3IN2/c8-6-3(1-13)5(7(9,10)11)4(12)2-14-6/h2H. The predicted octanol–water partition coefficient (Wildman–Crippen LogP) is 3.23. The van der Waals surface area contributed by atoms with E-state index >= 15 is 0 Å². The van der Waals surface area contributed by atoms with Crippen molar-refractivity contribution in [3.05, 3.63) is 26.0 Å². The molecule has 0 unspecified atom stereocenters. The number of rotatable bonds is 0. The van der Waals surface area contributed by atoms with Gasteiger partial charge >= 0.3 is 6.18 Å². The summed E-state index contributed by atoms with van der Waals surface area (Å²) < 4.78 is 37.2. The van der Waals surface area contributed by atoms with Crippen molar-refractivity contribution >= 4 is 34.2 Å². The molecule has 0 radical (unpaired) electrons. The van der Waals surface area contributed by atoms with Crippen LogP contribution in [0.15, 0.2) is 6.20 Å². The van der Waals surface area contributed by atoms with E-state index < -0.39 is 22.5 Å². The Morgan fingerprint density at radius 1 is 1.50 bits per heavy atom. The van der Waals surface area contributed by atoms with Gasteiger partial charge in [0.1, 0.15) is 16.8 Å². The number of alkyl halides is 3. The second kappa shape index (κ2) is 3.90. The largest absolute Gasteiger partial charge is 0.418 e. The summed E-state index contributed by atoms with van der Waals surface area (Å²) in [7, 11) is 0. The minimum atomic E-state index is -4.59. The zero-order valence-corrected chi connectivity index (χ0v) is 9.28. The Morgan fingerprint density at radius 2 is 2.07 bits per heavy atom. The molecule has 1 aromatic rings. The molecule has 7 heteroatoms. The van der Waals surface area contributed by atoms with E-state index in [1.54, 1.807) is 0 Å². The van der Waals surface area contributed by atoms with Crippen LogP contribution < -0.4 is 0 Å². The van der Waals surface area contributed by atoms with Gasteiger partial charge in [0.25, 0.3) is 0 Å². The highest BCUT2D eigenvalue weighted by atomic mass is 127. The number of halogens is 5. The molecule has 0 saturated carbocycles. The Bertz CT molecular complexity index is 411. The fourth-order valence-electron chi connectivity index (χ4n) is 0.844. The van der Waals surface area contributed by atoms with E-state index in [1.807, 2.05) is 0 Å². The molecule has 0 atom stereocenters. The predicted molar refractivity (Wildman–Crippen MR) is 51.7 cm³/mol. The second-order valence-corrected chi connectivity index (χ2v) is 3.78. The maximum Gasteiger partial charge on any atom is 0.418 e. The monoisotopic (exact) mass is 332 g/mol. The normalized spacial score (nSPS) is 11.1. The molecule has 0 amide bonds. The van der Waals surface area contributed by atoms with E-state index in [9.17, 15) is 13.2 Å². The molecule has 0 fully saturated rings. The van der Waals surface area contributed by atoms with Crippen LogP contribution in [-0.4, -0.2) is 4.98 Å². The second-order valence-electron chi connectivity index (χ2n) is 2.26. The Kier molecular flexibility index (Phi) is 3.21. The van der Waals surface area contributed by atoms with Gasteiger partial charge in [0, 0.05) is 9.77 Å². The summed E-state index contributed by atoms with van der Waals surface area (Å²) in [6, 6.07) is 1.39. The van der Waals surface area contributed by atoms with Gasteiger partial charge in [-0.2, -0.15) is 18.4 Å². The van der Waals surface area contributed by atoms with Crippen LogP contribution in [0.1, 0.15) is 11.1 Å². The lowest BCUT2D eigenvalue weighted by molar-refractivity contribution is -0.138. The van der Waals surface area contributed by atoms with E-state index in [0.29, 0.717) is 0 Å². The first kappa shape index (κ1) is 11.5. The van der Waals surface area contributed by atoms with Gasteiger partial charge in [-0.25, -0.2) is 4.98 Å². The molecule has 0 aliphatic rings. The molecule has 1 aromatic heterocycles. The van der Waals surface area contributed by atoms with Gasteiger partial charge in [-0.1, -0.05) is 11.6 Å².